The van der Waals surface area contributed by atoms with Crippen molar-refractivity contribution in [1.82, 2.24) is 0 Å². The van der Waals surface area contributed by atoms with Gasteiger partial charge in [0.05, 0.1) is 11.2 Å². The van der Waals surface area contributed by atoms with Gasteiger partial charge in [0.2, 0.25) is 5.75 Å². The molecule has 0 heterocycles. The molecule has 10 nitrogen and oxygen atoms in total. The average Bonchev–Trinajstić information content (AvgIpc) is 2.25. The van der Waals surface area contributed by atoms with E-state index in [-0.39, 0.29) is 17.1 Å². The van der Waals surface area contributed by atoms with Gasteiger partial charge in [-0.1, -0.05) is 0 Å². The average molecular weight is 319 g/mol. The van der Waals surface area contributed by atoms with E-state index in [4.69, 9.17) is 15.7 Å². The van der Waals surface area contributed by atoms with Crippen molar-refractivity contribution < 1.29 is 27.4 Å². The lowest BCUT2D eigenvalue weighted by Crippen LogP contribution is -2.12. The molecule has 0 atom stereocenters. The fourth-order valence-electron chi connectivity index (χ4n) is 1.07. The zero-order valence-corrected chi connectivity index (χ0v) is 11.9. The van der Waals surface area contributed by atoms with Crippen LogP contribution in [0.3, 0.4) is 0 Å². The van der Waals surface area contributed by atoms with E-state index >= 15 is 0 Å². The number of hydrogen-bond donors (Lipinski definition) is 3. The van der Waals surface area contributed by atoms with Gasteiger partial charge >= 0.3 is 11.7 Å². The van der Waals surface area contributed by atoms with Crippen LogP contribution in [-0.4, -0.2) is 36.0 Å². The van der Waals surface area contributed by atoms with Crippen LogP contribution in [0.4, 0.5) is 5.69 Å². The maximum absolute atomic E-state index is 10.7. The Morgan fingerprint density at radius 2 is 1.95 bits per heavy atom. The van der Waals surface area contributed by atoms with Crippen LogP contribution in [0.2, 0.25) is 0 Å². The Labute approximate surface area is 119 Å². The van der Waals surface area contributed by atoms with E-state index in [1.807, 2.05) is 0 Å². The third-order valence-electron chi connectivity index (χ3n) is 1.72. The molecule has 4 N–H and O–H groups in total. The third kappa shape index (κ3) is 8.28. The summed E-state index contributed by atoms with van der Waals surface area (Å²) in [6, 6.07) is 3.68. The van der Waals surface area contributed by atoms with Crippen molar-refractivity contribution in [2.45, 2.75) is 6.92 Å². The molecule has 21 heavy (non-hydrogen) atoms. The standard InChI is InChI=1S/C9H9N3O4.CH4O3S/c1-5(13)16-8-3-2-6(9(10)11)4-7(8)12(14)15;1-5(2,3)4/h2-4H,1H3,(H3,10,11);1H3,(H,2,3,4). The molecule has 1 rings (SSSR count). The van der Waals surface area contributed by atoms with E-state index in [2.05, 4.69) is 4.74 Å². The molecule has 0 fully saturated rings. The molecular formula is C10H13N3O7S. The van der Waals surface area contributed by atoms with E-state index in [1.54, 1.807) is 0 Å². The summed E-state index contributed by atoms with van der Waals surface area (Å²) in [5.41, 5.74) is 4.98. The van der Waals surface area contributed by atoms with Crippen molar-refractivity contribution in [1.29, 1.82) is 5.41 Å². The minimum Gasteiger partial charge on any atom is -0.419 e. The summed E-state index contributed by atoms with van der Waals surface area (Å²) in [6.45, 7) is 1.14. The maximum Gasteiger partial charge on any atom is 0.312 e. The molecule has 0 radical (unpaired) electrons. The highest BCUT2D eigenvalue weighted by Crippen LogP contribution is 2.27. The van der Waals surface area contributed by atoms with Crippen LogP contribution in [-0.2, 0) is 14.9 Å². The molecule has 0 spiro atoms. The van der Waals surface area contributed by atoms with Crippen LogP contribution in [0.25, 0.3) is 0 Å². The minimum absolute atomic E-state index is 0.164. The normalized spacial score (nSPS) is 10.0. The quantitative estimate of drug-likeness (QED) is 0.136. The Morgan fingerprint density at radius 1 is 1.48 bits per heavy atom. The van der Waals surface area contributed by atoms with Gasteiger partial charge in [-0.15, -0.1) is 0 Å². The second-order valence-electron chi connectivity index (χ2n) is 3.68. The summed E-state index contributed by atoms with van der Waals surface area (Å²) < 4.78 is 30.5. The van der Waals surface area contributed by atoms with Gasteiger partial charge in [-0.05, 0) is 12.1 Å². The van der Waals surface area contributed by atoms with Crippen molar-refractivity contribution in [3.63, 3.8) is 0 Å². The first-order valence-corrected chi connectivity index (χ1v) is 7.00. The summed E-state index contributed by atoms with van der Waals surface area (Å²) in [7, 11) is -3.67. The van der Waals surface area contributed by atoms with Gasteiger partial charge in [0, 0.05) is 18.6 Å². The second kappa shape index (κ2) is 7.31. The largest absolute Gasteiger partial charge is 0.419 e. The number of esters is 1. The summed E-state index contributed by atoms with van der Waals surface area (Å²) in [5.74, 6) is -1.11. The predicted octanol–water partition coefficient (Wildman–Crippen LogP) is 0.308. The number of rotatable bonds is 3. The zero-order valence-electron chi connectivity index (χ0n) is 11.1. The van der Waals surface area contributed by atoms with E-state index in [9.17, 15) is 23.3 Å². The minimum atomic E-state index is -3.67. The molecule has 0 aliphatic rings. The molecule has 11 heteroatoms. The lowest BCUT2D eigenvalue weighted by Gasteiger charge is -2.04. The Hall–Kier alpha value is -2.53. The number of nitrogens with one attached hydrogen (secondary N) is 1. The van der Waals surface area contributed by atoms with Gasteiger partial charge in [0.15, 0.2) is 0 Å². The fraction of sp³-hybridized carbons (Fsp3) is 0.200. The van der Waals surface area contributed by atoms with Gasteiger partial charge in [0.1, 0.15) is 5.84 Å². The first kappa shape index (κ1) is 18.5. The highest BCUT2D eigenvalue weighted by molar-refractivity contribution is 7.85. The van der Waals surface area contributed by atoms with Gasteiger partial charge in [-0.2, -0.15) is 8.42 Å². The number of nitrogen functional groups attached to an aromatic ring is 1. The first-order valence-electron chi connectivity index (χ1n) is 5.15. The number of ether oxygens (including phenoxy) is 1. The highest BCUT2D eigenvalue weighted by Gasteiger charge is 2.18. The molecule has 0 saturated heterocycles. The Bertz CT molecular complexity index is 661. The van der Waals surface area contributed by atoms with E-state index < -0.39 is 26.7 Å². The van der Waals surface area contributed by atoms with Crippen LogP contribution in [0.1, 0.15) is 12.5 Å². The smallest absolute Gasteiger partial charge is 0.312 e. The summed E-state index contributed by atoms with van der Waals surface area (Å²) in [5, 5.41) is 17.8. The number of amidine groups is 1. The summed E-state index contributed by atoms with van der Waals surface area (Å²) in [6.07, 6.45) is 0.715. The number of nitrogens with zero attached hydrogens (tertiary/aromatic N) is 1. The van der Waals surface area contributed by atoms with Crippen LogP contribution in [0.15, 0.2) is 18.2 Å². The Kier molecular flexibility index (Phi) is 6.42. The Morgan fingerprint density at radius 3 is 2.29 bits per heavy atom. The number of nitro groups is 1. The third-order valence-corrected chi connectivity index (χ3v) is 1.72. The second-order valence-corrected chi connectivity index (χ2v) is 5.15. The van der Waals surface area contributed by atoms with Crippen LogP contribution in [0.5, 0.6) is 5.75 Å². The van der Waals surface area contributed by atoms with Gasteiger partial charge in [0.25, 0.3) is 10.1 Å². The summed E-state index contributed by atoms with van der Waals surface area (Å²) in [4.78, 5) is 20.7. The van der Waals surface area contributed by atoms with Crippen LogP contribution >= 0.6 is 0 Å². The molecule has 1 aromatic carbocycles. The van der Waals surface area contributed by atoms with Gasteiger partial charge < -0.3 is 10.5 Å². The number of hydrogen-bond acceptors (Lipinski definition) is 7. The molecule has 0 bridgehead atoms. The SMILES string of the molecule is CC(=O)Oc1ccc(C(=N)N)cc1[N+](=O)[O-].CS(=O)(=O)O. The molecular weight excluding hydrogens is 306 g/mol. The van der Waals surface area contributed by atoms with E-state index in [0.717, 1.165) is 13.0 Å². The van der Waals surface area contributed by atoms with Crippen molar-refractivity contribution in [3.8, 4) is 5.75 Å². The first-order chi connectivity index (χ1) is 9.41. The van der Waals surface area contributed by atoms with Crippen molar-refractivity contribution >= 4 is 27.6 Å². The van der Waals surface area contributed by atoms with Gasteiger partial charge in [-0.3, -0.25) is 24.9 Å². The molecule has 0 aliphatic carbocycles. The molecule has 0 aliphatic heterocycles. The molecule has 1 aromatic rings. The van der Waals surface area contributed by atoms with E-state index in [0.29, 0.717) is 6.26 Å². The fourth-order valence-corrected chi connectivity index (χ4v) is 1.07. The van der Waals surface area contributed by atoms with Crippen molar-refractivity contribution in [2.24, 2.45) is 5.73 Å². The number of carbonyl (C=O) groups is 1. The topological polar surface area (TPSA) is 174 Å². The number of nitro benzene ring substituents is 1. The van der Waals surface area contributed by atoms with Crippen LogP contribution in [0, 0.1) is 15.5 Å². The van der Waals surface area contributed by atoms with Crippen molar-refractivity contribution in [3.05, 3.63) is 33.9 Å². The lowest BCUT2D eigenvalue weighted by molar-refractivity contribution is -0.385. The van der Waals surface area contributed by atoms with Gasteiger partial charge in [-0.25, -0.2) is 0 Å². The molecule has 0 unspecified atom stereocenters. The Balaban J connectivity index is 0.000000690. The molecule has 0 amide bonds. The van der Waals surface area contributed by atoms with E-state index in [1.165, 1.54) is 12.1 Å². The zero-order chi connectivity index (χ0) is 16.8. The molecule has 0 aromatic heterocycles. The van der Waals surface area contributed by atoms with Crippen molar-refractivity contribution in [2.75, 3.05) is 6.26 Å². The number of carbonyl (C=O) groups excluding carboxylic acids is 1. The highest BCUT2D eigenvalue weighted by atomic mass is 32.2. The maximum atomic E-state index is 10.7. The number of benzene rings is 1. The summed E-state index contributed by atoms with van der Waals surface area (Å²) >= 11 is 0. The monoisotopic (exact) mass is 319 g/mol. The number of nitrogens with two attached hydrogens (primary N) is 1. The lowest BCUT2D eigenvalue weighted by atomic mass is 10.2. The molecule has 116 valence electrons. The molecule has 0 saturated carbocycles. The predicted molar refractivity (Wildman–Crippen MR) is 72.9 cm³/mol. The van der Waals surface area contributed by atoms with Crippen LogP contribution < -0.4 is 10.5 Å².